The van der Waals surface area contributed by atoms with E-state index < -0.39 is 48.8 Å². The van der Waals surface area contributed by atoms with Crippen LogP contribution in [-0.4, -0.2) is 62.0 Å². The Balaban J connectivity index is 2.89. The summed E-state index contributed by atoms with van der Waals surface area (Å²) in [5.41, 5.74) is 6.29. The molecule has 0 aliphatic heterocycles. The molecule has 0 bridgehead atoms. The molecule has 0 aromatic heterocycles. The zero-order chi connectivity index (χ0) is 32.2. The molecule has 42 heavy (non-hydrogen) atoms. The monoisotopic (exact) mass is 597 g/mol. The number of carbonyl (C=O) groups excluding carboxylic acids is 4. The van der Waals surface area contributed by atoms with Crippen LogP contribution in [0.2, 0.25) is 0 Å². The molecule has 0 aliphatic rings. The van der Waals surface area contributed by atoms with Crippen LogP contribution in [0.1, 0.15) is 74.8 Å². The second kappa shape index (κ2) is 16.8. The van der Waals surface area contributed by atoms with Crippen LogP contribution in [0.15, 0.2) is 18.2 Å². The molecule has 12 heteroatoms. The highest BCUT2D eigenvalue weighted by Crippen LogP contribution is 2.30. The molecule has 0 amide bonds. The lowest BCUT2D eigenvalue weighted by Crippen LogP contribution is -2.36. The number of hydrogen-bond acceptors (Lipinski definition) is 12. The Labute approximate surface area is 248 Å². The first-order valence-corrected chi connectivity index (χ1v) is 14.0. The minimum atomic E-state index is -1.10. The van der Waals surface area contributed by atoms with Gasteiger partial charge in [0.15, 0.2) is 11.5 Å². The molecule has 0 aliphatic carbocycles. The van der Waals surface area contributed by atoms with Gasteiger partial charge in [-0.15, -0.1) is 0 Å². The van der Waals surface area contributed by atoms with E-state index in [4.69, 9.17) is 38.9 Å². The van der Waals surface area contributed by atoms with Crippen LogP contribution in [0.25, 0.3) is 0 Å². The topological polar surface area (TPSA) is 159 Å². The fourth-order valence-electron chi connectivity index (χ4n) is 2.80. The first-order valence-electron chi connectivity index (χ1n) is 14.0. The number of carbonyl (C=O) groups is 4. The minimum Gasteiger partial charge on any atom is -0.461 e. The van der Waals surface area contributed by atoms with Crippen LogP contribution in [0, 0.1) is 17.3 Å². The highest BCUT2D eigenvalue weighted by Gasteiger charge is 2.24. The van der Waals surface area contributed by atoms with Crippen molar-refractivity contribution in [2.75, 3.05) is 13.2 Å². The Bertz CT molecular complexity index is 1050. The predicted octanol–water partition coefficient (Wildman–Crippen LogP) is 5.81. The second-order valence-electron chi connectivity index (χ2n) is 12.1. The highest BCUT2D eigenvalue weighted by atomic mass is 16.8. The molecule has 0 spiro atoms. The molecular weight excluding hydrogens is 550 g/mol. The summed E-state index contributed by atoms with van der Waals surface area (Å²) in [4.78, 5) is 49.1. The van der Waals surface area contributed by atoms with Crippen molar-refractivity contribution in [3.63, 3.8) is 0 Å². The number of hydrogen-bond donors (Lipinski definition) is 1. The second-order valence-corrected chi connectivity index (χ2v) is 12.1. The number of esters is 1. The minimum absolute atomic E-state index is 0.00932. The SMILES string of the molecule is CC(C)C(C)OC(=O)Oc1ccc(C[C@H](N)C(=O)OC[C@H](C)OC(=O)OCC(C)(C)C)cc1OC(=O)OC(C)C(C)C. The molecular formula is C30H47NO11. The van der Waals surface area contributed by atoms with Crippen LogP contribution in [0.5, 0.6) is 11.5 Å². The van der Waals surface area contributed by atoms with E-state index in [1.54, 1.807) is 26.8 Å². The lowest BCUT2D eigenvalue weighted by atomic mass is 9.99. The van der Waals surface area contributed by atoms with Gasteiger partial charge in [-0.2, -0.15) is 0 Å². The molecule has 2 N–H and O–H groups in total. The summed E-state index contributed by atoms with van der Waals surface area (Å²) in [6.07, 6.45) is -4.46. The van der Waals surface area contributed by atoms with E-state index >= 15 is 0 Å². The van der Waals surface area contributed by atoms with Crippen molar-refractivity contribution in [1.82, 2.24) is 0 Å². The Morgan fingerprint density at radius 1 is 0.738 bits per heavy atom. The van der Waals surface area contributed by atoms with Gasteiger partial charge in [0.05, 0.1) is 6.61 Å². The van der Waals surface area contributed by atoms with Crippen LogP contribution in [-0.2, 0) is 34.9 Å². The van der Waals surface area contributed by atoms with Gasteiger partial charge in [0, 0.05) is 0 Å². The third kappa shape index (κ3) is 14.4. The Morgan fingerprint density at radius 2 is 1.26 bits per heavy atom. The predicted molar refractivity (Wildman–Crippen MR) is 153 cm³/mol. The van der Waals surface area contributed by atoms with Gasteiger partial charge in [0.2, 0.25) is 0 Å². The van der Waals surface area contributed by atoms with Gasteiger partial charge in [-0.05, 0) is 62.1 Å². The van der Waals surface area contributed by atoms with E-state index in [2.05, 4.69) is 0 Å². The van der Waals surface area contributed by atoms with Crippen molar-refractivity contribution < 1.29 is 52.3 Å². The molecule has 1 aromatic carbocycles. The fraction of sp³-hybridized carbons (Fsp3) is 0.667. The average molecular weight is 598 g/mol. The molecule has 0 radical (unpaired) electrons. The van der Waals surface area contributed by atoms with Gasteiger partial charge in [0.25, 0.3) is 0 Å². The largest absolute Gasteiger partial charge is 0.514 e. The van der Waals surface area contributed by atoms with Gasteiger partial charge in [-0.1, -0.05) is 54.5 Å². The summed E-state index contributed by atoms with van der Waals surface area (Å²) in [7, 11) is 0. The number of nitrogens with two attached hydrogens (primary N) is 1. The summed E-state index contributed by atoms with van der Waals surface area (Å²) in [6.45, 7) is 18.2. The van der Waals surface area contributed by atoms with E-state index in [1.807, 2.05) is 48.5 Å². The third-order valence-corrected chi connectivity index (χ3v) is 5.98. The zero-order valence-electron chi connectivity index (χ0n) is 26.4. The van der Waals surface area contributed by atoms with Crippen LogP contribution >= 0.6 is 0 Å². The fourth-order valence-corrected chi connectivity index (χ4v) is 2.80. The molecule has 1 rings (SSSR count). The average Bonchev–Trinajstić information content (AvgIpc) is 2.86. The van der Waals surface area contributed by atoms with Crippen molar-refractivity contribution in [2.45, 2.75) is 100 Å². The van der Waals surface area contributed by atoms with E-state index in [1.165, 1.54) is 12.1 Å². The van der Waals surface area contributed by atoms with Crippen molar-refractivity contribution in [3.05, 3.63) is 23.8 Å². The normalized spacial score (nSPS) is 14.3. The van der Waals surface area contributed by atoms with Gasteiger partial charge >= 0.3 is 24.4 Å². The van der Waals surface area contributed by atoms with Crippen LogP contribution in [0.4, 0.5) is 14.4 Å². The van der Waals surface area contributed by atoms with Crippen molar-refractivity contribution in [1.29, 1.82) is 0 Å². The summed E-state index contributed by atoms with van der Waals surface area (Å²) in [5.74, 6) is -0.861. The molecule has 0 fully saturated rings. The quantitative estimate of drug-likeness (QED) is 0.165. The van der Waals surface area contributed by atoms with Gasteiger partial charge in [-0.25, -0.2) is 14.4 Å². The highest BCUT2D eigenvalue weighted by molar-refractivity contribution is 5.76. The Hall–Kier alpha value is -3.54. The van der Waals surface area contributed by atoms with Gasteiger partial charge < -0.3 is 38.9 Å². The maximum atomic E-state index is 12.5. The van der Waals surface area contributed by atoms with E-state index in [0.717, 1.165) is 0 Å². The molecule has 2 unspecified atom stereocenters. The molecule has 0 saturated carbocycles. The van der Waals surface area contributed by atoms with Crippen molar-refractivity contribution in [2.24, 2.45) is 23.0 Å². The van der Waals surface area contributed by atoms with E-state index in [-0.39, 0.29) is 48.4 Å². The van der Waals surface area contributed by atoms with Crippen molar-refractivity contribution in [3.8, 4) is 11.5 Å². The molecule has 1 aromatic rings. The molecule has 0 saturated heterocycles. The molecule has 238 valence electrons. The number of benzene rings is 1. The number of ether oxygens (including phenoxy) is 7. The Kier molecular flexibility index (Phi) is 14.6. The Morgan fingerprint density at radius 3 is 1.76 bits per heavy atom. The first kappa shape index (κ1) is 36.5. The summed E-state index contributed by atoms with van der Waals surface area (Å²) in [6, 6.07) is 3.24. The van der Waals surface area contributed by atoms with Crippen molar-refractivity contribution >= 4 is 24.4 Å². The van der Waals surface area contributed by atoms with E-state index in [9.17, 15) is 19.2 Å². The van der Waals surface area contributed by atoms with Crippen LogP contribution < -0.4 is 15.2 Å². The van der Waals surface area contributed by atoms with E-state index in [0.29, 0.717) is 5.56 Å². The van der Waals surface area contributed by atoms with Crippen LogP contribution in [0.3, 0.4) is 0 Å². The van der Waals surface area contributed by atoms with Gasteiger partial charge in [0.1, 0.15) is 31.0 Å². The zero-order valence-corrected chi connectivity index (χ0v) is 26.4. The lowest BCUT2D eigenvalue weighted by molar-refractivity contribution is -0.148. The van der Waals surface area contributed by atoms with Gasteiger partial charge in [-0.3, -0.25) is 4.79 Å². The molecule has 12 nitrogen and oxygen atoms in total. The summed E-state index contributed by atoms with van der Waals surface area (Å²) >= 11 is 0. The third-order valence-electron chi connectivity index (χ3n) is 5.98. The standard InChI is InChI=1S/C30H47NO11/c1-17(2)20(6)39-28(34)41-24-12-11-22(14-25(24)42-29(35)40-21(7)18(3)4)13-23(31)26(32)36-15-19(5)38-27(33)37-16-30(8,9)10/h11-12,14,17-21,23H,13,15-16,31H2,1-10H3/t19-,20?,21?,23-/m0/s1. The molecule has 4 atom stereocenters. The maximum absolute atomic E-state index is 12.5. The summed E-state index contributed by atoms with van der Waals surface area (Å²) in [5, 5.41) is 0. The first-order chi connectivity index (χ1) is 19.4. The lowest BCUT2D eigenvalue weighted by Gasteiger charge is -2.20. The molecule has 0 heterocycles. The number of rotatable bonds is 13. The maximum Gasteiger partial charge on any atom is 0.514 e. The smallest absolute Gasteiger partial charge is 0.461 e. The summed E-state index contributed by atoms with van der Waals surface area (Å²) < 4.78 is 36.5.